The molecule has 2 N–H and O–H groups in total. The Bertz CT molecular complexity index is 840. The Balaban J connectivity index is 0.000000404. The van der Waals surface area contributed by atoms with E-state index in [9.17, 15) is 31.1 Å². The third-order valence-corrected chi connectivity index (χ3v) is 5.24. The first-order valence-electron chi connectivity index (χ1n) is 10.8. The number of hydrogen-bond acceptors (Lipinski definition) is 8. The fourth-order valence-corrected chi connectivity index (χ4v) is 3.45. The van der Waals surface area contributed by atoms with Gasteiger partial charge < -0.3 is 29.3 Å². The second-order valence-electron chi connectivity index (χ2n) is 8.17. The molecule has 2 fully saturated rings. The van der Waals surface area contributed by atoms with Crippen molar-refractivity contribution in [3.8, 4) is 0 Å². The van der Waals surface area contributed by atoms with E-state index in [1.165, 1.54) is 6.20 Å². The highest BCUT2D eigenvalue weighted by Crippen LogP contribution is 2.24. The Morgan fingerprint density at radius 2 is 1.57 bits per heavy atom. The van der Waals surface area contributed by atoms with Gasteiger partial charge in [0, 0.05) is 44.8 Å². The lowest BCUT2D eigenvalue weighted by Crippen LogP contribution is -2.52. The molecule has 2 aliphatic rings. The number of nitrogens with zero attached hydrogens (tertiary/aromatic N) is 4. The predicted octanol–water partition coefficient (Wildman–Crippen LogP) is 1.81. The van der Waals surface area contributed by atoms with Crippen molar-refractivity contribution in [2.24, 2.45) is 0 Å². The lowest BCUT2D eigenvalue weighted by atomic mass is 10.0. The zero-order valence-corrected chi connectivity index (χ0v) is 20.0. The Morgan fingerprint density at radius 3 is 2.03 bits per heavy atom. The molecular formula is C20H28F6N4O7. The van der Waals surface area contributed by atoms with E-state index in [4.69, 9.17) is 29.1 Å². The van der Waals surface area contributed by atoms with Crippen molar-refractivity contribution >= 4 is 17.8 Å². The van der Waals surface area contributed by atoms with E-state index < -0.39 is 24.3 Å². The van der Waals surface area contributed by atoms with Gasteiger partial charge in [0.15, 0.2) is 0 Å². The number of aliphatic carboxylic acids is 2. The number of ether oxygens (including phenoxy) is 1. The molecule has 1 aromatic heterocycles. The second-order valence-corrected chi connectivity index (χ2v) is 8.17. The molecule has 0 saturated carbocycles. The zero-order valence-electron chi connectivity index (χ0n) is 20.0. The molecule has 0 aliphatic carbocycles. The van der Waals surface area contributed by atoms with Crippen LogP contribution in [0.3, 0.4) is 0 Å². The van der Waals surface area contributed by atoms with Crippen LogP contribution in [-0.2, 0) is 14.3 Å². The van der Waals surface area contributed by atoms with E-state index in [2.05, 4.69) is 29.1 Å². The van der Waals surface area contributed by atoms with E-state index in [0.717, 1.165) is 45.6 Å². The van der Waals surface area contributed by atoms with Gasteiger partial charge in [-0.25, -0.2) is 9.59 Å². The van der Waals surface area contributed by atoms with Crippen LogP contribution in [-0.4, -0.2) is 126 Å². The highest BCUT2D eigenvalue weighted by Gasteiger charge is 2.39. The number of likely N-dealkylation sites (tertiary alicyclic amines) is 1. The number of rotatable bonds is 4. The molecule has 0 aromatic carbocycles. The number of aromatic nitrogens is 1. The van der Waals surface area contributed by atoms with Crippen LogP contribution < -0.4 is 0 Å². The fourth-order valence-electron chi connectivity index (χ4n) is 3.45. The van der Waals surface area contributed by atoms with Crippen molar-refractivity contribution in [2.45, 2.75) is 37.3 Å². The number of halogens is 6. The van der Waals surface area contributed by atoms with Crippen LogP contribution in [0.15, 0.2) is 16.8 Å². The predicted molar refractivity (Wildman–Crippen MR) is 113 cm³/mol. The standard InChI is InChI=1S/C16H26N4O3.2C2HF3O2/c1-18(2)9-10-19-11-12-22-14-5-8-20(7-4-13(14)19)16(21)15-3-6-17-23-15;2*3-2(4,5)1(6)7/h3,6,13-14H,4-5,7-12H2,1-2H3;2*(H,6,7)/t13-,14-;;/m0../s1. The molecule has 17 heteroatoms. The van der Waals surface area contributed by atoms with Crippen LogP contribution >= 0.6 is 0 Å². The molecule has 11 nitrogen and oxygen atoms in total. The normalized spacial score (nSPS) is 20.5. The average Bonchev–Trinajstić information content (AvgIpc) is 3.23. The number of amides is 1. The summed E-state index contributed by atoms with van der Waals surface area (Å²) >= 11 is 0. The first-order chi connectivity index (χ1) is 17.0. The SMILES string of the molecule is CN(C)CCN1CCO[C@H]2CCN(C(=O)c3ccno3)CC[C@@H]21.O=C(O)C(F)(F)F.O=C(O)C(F)(F)F. The molecule has 0 spiro atoms. The number of carbonyl (C=O) groups excluding carboxylic acids is 1. The van der Waals surface area contributed by atoms with Gasteiger partial charge in [-0.3, -0.25) is 9.69 Å². The van der Waals surface area contributed by atoms with Crippen molar-refractivity contribution in [1.29, 1.82) is 0 Å². The first kappa shape index (κ1) is 32.1. The van der Waals surface area contributed by atoms with Crippen molar-refractivity contribution in [3.63, 3.8) is 0 Å². The highest BCUT2D eigenvalue weighted by atomic mass is 19.4. The second kappa shape index (κ2) is 14.1. The molecule has 2 aliphatic heterocycles. The topological polar surface area (TPSA) is 137 Å². The molecule has 3 rings (SSSR count). The minimum atomic E-state index is -5.08. The van der Waals surface area contributed by atoms with Gasteiger partial charge in [0.25, 0.3) is 5.91 Å². The molecule has 1 aromatic rings. The van der Waals surface area contributed by atoms with Gasteiger partial charge in [-0.15, -0.1) is 0 Å². The summed E-state index contributed by atoms with van der Waals surface area (Å²) in [6, 6.07) is 2.02. The maximum Gasteiger partial charge on any atom is 0.490 e. The summed E-state index contributed by atoms with van der Waals surface area (Å²) < 4.78 is 74.5. The molecule has 0 unspecified atom stereocenters. The maximum atomic E-state index is 12.4. The number of carboxylic acids is 2. The zero-order chi connectivity index (χ0) is 28.4. The van der Waals surface area contributed by atoms with Gasteiger partial charge in [-0.05, 0) is 26.9 Å². The van der Waals surface area contributed by atoms with Crippen LogP contribution in [0.1, 0.15) is 23.4 Å². The Labute approximate surface area is 207 Å². The molecular weight excluding hydrogens is 522 g/mol. The van der Waals surface area contributed by atoms with Crippen LogP contribution in [0.25, 0.3) is 0 Å². The number of carboxylic acid groups (broad SMARTS) is 2. The van der Waals surface area contributed by atoms with E-state index in [1.807, 2.05) is 4.90 Å². The number of fused-ring (bicyclic) bond motifs is 1. The highest BCUT2D eigenvalue weighted by molar-refractivity contribution is 5.91. The summed E-state index contributed by atoms with van der Waals surface area (Å²) in [7, 11) is 4.20. The van der Waals surface area contributed by atoms with Gasteiger partial charge in [0.1, 0.15) is 0 Å². The van der Waals surface area contributed by atoms with Crippen molar-refractivity contribution < 1.29 is 60.2 Å². The van der Waals surface area contributed by atoms with Gasteiger partial charge in [0.05, 0.1) is 18.9 Å². The molecule has 2 atom stereocenters. The fraction of sp³-hybridized carbons (Fsp3) is 0.700. The van der Waals surface area contributed by atoms with E-state index in [0.29, 0.717) is 18.3 Å². The average molecular weight is 550 g/mol. The molecule has 3 heterocycles. The van der Waals surface area contributed by atoms with Crippen molar-refractivity contribution in [1.82, 2.24) is 19.9 Å². The summed E-state index contributed by atoms with van der Waals surface area (Å²) in [5.74, 6) is -5.26. The number of hydrogen-bond donors (Lipinski definition) is 2. The number of morpholine rings is 1. The van der Waals surface area contributed by atoms with Crippen LogP contribution in [0, 0.1) is 0 Å². The number of carbonyl (C=O) groups is 3. The minimum absolute atomic E-state index is 0.0685. The Morgan fingerprint density at radius 1 is 1.03 bits per heavy atom. The quantitative estimate of drug-likeness (QED) is 0.534. The molecule has 2 saturated heterocycles. The molecule has 0 bridgehead atoms. The molecule has 37 heavy (non-hydrogen) atoms. The van der Waals surface area contributed by atoms with Gasteiger partial charge in [-0.1, -0.05) is 5.16 Å². The van der Waals surface area contributed by atoms with E-state index >= 15 is 0 Å². The van der Waals surface area contributed by atoms with Gasteiger partial charge in [0.2, 0.25) is 5.76 Å². The van der Waals surface area contributed by atoms with Gasteiger partial charge in [-0.2, -0.15) is 26.3 Å². The third-order valence-electron chi connectivity index (χ3n) is 5.24. The Kier molecular flexibility index (Phi) is 12.3. The van der Waals surface area contributed by atoms with Crippen LogP contribution in [0.5, 0.6) is 0 Å². The lowest BCUT2D eigenvalue weighted by Gasteiger charge is -2.40. The molecule has 1 amide bonds. The summed E-state index contributed by atoms with van der Waals surface area (Å²) in [5.41, 5.74) is 0. The van der Waals surface area contributed by atoms with Crippen molar-refractivity contribution in [3.05, 3.63) is 18.0 Å². The third kappa shape index (κ3) is 11.3. The number of alkyl halides is 6. The largest absolute Gasteiger partial charge is 0.490 e. The Hall–Kier alpha value is -2.92. The summed E-state index contributed by atoms with van der Waals surface area (Å²) in [4.78, 5) is 36.8. The lowest BCUT2D eigenvalue weighted by molar-refractivity contribution is -0.193. The van der Waals surface area contributed by atoms with Crippen molar-refractivity contribution in [2.75, 3.05) is 53.4 Å². The monoisotopic (exact) mass is 550 g/mol. The van der Waals surface area contributed by atoms with Gasteiger partial charge >= 0.3 is 24.3 Å². The summed E-state index contributed by atoms with van der Waals surface area (Å²) in [5, 5.41) is 17.9. The molecule has 0 radical (unpaired) electrons. The smallest absolute Gasteiger partial charge is 0.475 e. The maximum absolute atomic E-state index is 12.4. The molecule has 212 valence electrons. The first-order valence-corrected chi connectivity index (χ1v) is 10.8. The van der Waals surface area contributed by atoms with E-state index in [1.54, 1.807) is 6.07 Å². The number of likely N-dealkylation sites (N-methyl/N-ethyl adjacent to an activating group) is 1. The van der Waals surface area contributed by atoms with E-state index in [-0.39, 0.29) is 12.0 Å². The summed E-state index contributed by atoms with van der Waals surface area (Å²) in [6.07, 6.45) is -6.61. The minimum Gasteiger partial charge on any atom is -0.475 e. The summed E-state index contributed by atoms with van der Waals surface area (Å²) in [6.45, 7) is 5.30. The van der Waals surface area contributed by atoms with Crippen LogP contribution in [0.2, 0.25) is 0 Å². The van der Waals surface area contributed by atoms with Crippen LogP contribution in [0.4, 0.5) is 26.3 Å².